The topological polar surface area (TPSA) is 78.8 Å². The molecule has 2 aromatic rings. The summed E-state index contributed by atoms with van der Waals surface area (Å²) in [5.41, 5.74) is 4.36. The van der Waals surface area contributed by atoms with Gasteiger partial charge in [-0.1, -0.05) is 55.2 Å². The molecule has 0 unspecified atom stereocenters. The zero-order chi connectivity index (χ0) is 20.9. The molecule has 28 heavy (non-hydrogen) atoms. The molecule has 0 fully saturated rings. The monoisotopic (exact) mass is 441 g/mol. The van der Waals surface area contributed by atoms with Gasteiger partial charge in [0.05, 0.1) is 23.2 Å². The number of halogens is 2. The molecule has 9 heteroatoms. The number of hydrogen-bond donors (Lipinski definition) is 1. The number of amides is 1. The van der Waals surface area contributed by atoms with Gasteiger partial charge in [0, 0.05) is 10.6 Å². The quantitative estimate of drug-likeness (QED) is 0.520. The number of nitrogens with one attached hydrogen (secondary N) is 1. The van der Waals surface area contributed by atoms with Gasteiger partial charge >= 0.3 is 0 Å². The maximum Gasteiger partial charge on any atom is 0.260 e. The molecule has 0 aliphatic rings. The van der Waals surface area contributed by atoms with Crippen molar-refractivity contribution in [1.82, 2.24) is 5.43 Å². The van der Waals surface area contributed by atoms with Crippen LogP contribution >= 0.6 is 23.2 Å². The predicted octanol–water partition coefficient (Wildman–Crippen LogP) is 4.03. The number of hydrogen-bond acceptors (Lipinski definition) is 4. The average molecular weight is 442 g/mol. The maximum absolute atomic E-state index is 12.2. The van der Waals surface area contributed by atoms with Gasteiger partial charge in [0.25, 0.3) is 5.91 Å². The second kappa shape index (κ2) is 9.41. The van der Waals surface area contributed by atoms with Crippen LogP contribution in [0.3, 0.4) is 0 Å². The molecule has 1 N–H and O–H groups in total. The number of sulfonamides is 1. The summed E-state index contributed by atoms with van der Waals surface area (Å²) in [5.74, 6) is -0.266. The van der Waals surface area contributed by atoms with Crippen LogP contribution in [0.2, 0.25) is 10.0 Å². The summed E-state index contributed by atoms with van der Waals surface area (Å²) >= 11 is 11.9. The normalized spacial score (nSPS) is 11.8. The van der Waals surface area contributed by atoms with Crippen LogP contribution in [-0.2, 0) is 14.8 Å². The Bertz CT molecular complexity index is 974. The lowest BCUT2D eigenvalue weighted by Gasteiger charge is -2.21. The minimum absolute atomic E-state index is 0.318. The third-order valence-electron chi connectivity index (χ3n) is 3.89. The lowest BCUT2D eigenvalue weighted by molar-refractivity contribution is -0.119. The Kier molecular flexibility index (Phi) is 7.46. The first-order valence-corrected chi connectivity index (χ1v) is 11.0. The van der Waals surface area contributed by atoms with E-state index in [0.717, 1.165) is 16.1 Å². The summed E-state index contributed by atoms with van der Waals surface area (Å²) in [7, 11) is -3.65. The van der Waals surface area contributed by atoms with Gasteiger partial charge in [0.15, 0.2) is 0 Å². The highest BCUT2D eigenvalue weighted by Gasteiger charge is 2.20. The van der Waals surface area contributed by atoms with Gasteiger partial charge < -0.3 is 0 Å². The van der Waals surface area contributed by atoms with Gasteiger partial charge in [0.1, 0.15) is 6.54 Å². The van der Waals surface area contributed by atoms with E-state index >= 15 is 0 Å². The van der Waals surface area contributed by atoms with Crippen molar-refractivity contribution in [3.05, 3.63) is 63.6 Å². The Morgan fingerprint density at radius 1 is 1.18 bits per heavy atom. The summed E-state index contributed by atoms with van der Waals surface area (Å²) in [4.78, 5) is 12.2. The van der Waals surface area contributed by atoms with Gasteiger partial charge in [-0.2, -0.15) is 5.10 Å². The molecule has 0 saturated heterocycles. The van der Waals surface area contributed by atoms with E-state index in [4.69, 9.17) is 23.2 Å². The van der Waals surface area contributed by atoms with Gasteiger partial charge in [-0.05, 0) is 35.7 Å². The first-order valence-electron chi connectivity index (χ1n) is 8.42. The third kappa shape index (κ3) is 6.22. The summed E-state index contributed by atoms with van der Waals surface area (Å²) < 4.78 is 25.3. The highest BCUT2D eigenvalue weighted by atomic mass is 35.5. The molecule has 0 aliphatic carbocycles. The molecule has 2 rings (SSSR count). The SMILES string of the molecule is CC(C)c1ccc(N(CC(=O)N/N=C\c2ccc(Cl)cc2Cl)S(C)(=O)=O)cc1. The number of carbonyl (C=O) groups is 1. The Labute approximate surface area is 175 Å². The van der Waals surface area contributed by atoms with Gasteiger partial charge in [-0.15, -0.1) is 0 Å². The molecule has 2 aromatic carbocycles. The van der Waals surface area contributed by atoms with E-state index in [1.807, 2.05) is 26.0 Å². The number of benzene rings is 2. The van der Waals surface area contributed by atoms with Crippen molar-refractivity contribution in [3.8, 4) is 0 Å². The zero-order valence-corrected chi connectivity index (χ0v) is 18.0. The summed E-state index contributed by atoms with van der Waals surface area (Å²) in [6.07, 6.45) is 2.41. The molecular formula is C19H21Cl2N3O3S. The molecule has 0 heterocycles. The van der Waals surface area contributed by atoms with Crippen molar-refractivity contribution in [2.24, 2.45) is 5.10 Å². The van der Waals surface area contributed by atoms with Crippen LogP contribution in [0, 0.1) is 0 Å². The number of rotatable bonds is 7. The number of nitrogens with zero attached hydrogens (tertiary/aromatic N) is 2. The molecule has 0 spiro atoms. The van der Waals surface area contributed by atoms with Gasteiger partial charge in [0.2, 0.25) is 10.0 Å². The van der Waals surface area contributed by atoms with Crippen molar-refractivity contribution in [1.29, 1.82) is 0 Å². The van der Waals surface area contributed by atoms with Crippen LogP contribution in [-0.4, -0.2) is 33.3 Å². The Morgan fingerprint density at radius 2 is 1.82 bits per heavy atom. The van der Waals surface area contributed by atoms with E-state index in [-0.39, 0.29) is 0 Å². The van der Waals surface area contributed by atoms with Crippen molar-refractivity contribution < 1.29 is 13.2 Å². The van der Waals surface area contributed by atoms with E-state index in [1.165, 1.54) is 6.21 Å². The molecule has 0 radical (unpaired) electrons. The summed E-state index contributed by atoms with van der Waals surface area (Å²) in [6, 6.07) is 11.9. The molecule has 150 valence electrons. The lowest BCUT2D eigenvalue weighted by Crippen LogP contribution is -2.39. The predicted molar refractivity (Wildman–Crippen MR) is 115 cm³/mol. The van der Waals surface area contributed by atoms with Crippen molar-refractivity contribution >= 4 is 51.0 Å². The first-order chi connectivity index (χ1) is 13.1. The number of hydrazone groups is 1. The zero-order valence-electron chi connectivity index (χ0n) is 15.7. The Hall–Kier alpha value is -2.09. The minimum Gasteiger partial charge on any atom is -0.271 e. The maximum atomic E-state index is 12.2. The second-order valence-corrected chi connectivity index (χ2v) is 9.23. The van der Waals surface area contributed by atoms with E-state index in [9.17, 15) is 13.2 Å². The van der Waals surface area contributed by atoms with Crippen LogP contribution in [0.4, 0.5) is 5.69 Å². The second-order valence-electron chi connectivity index (χ2n) is 6.47. The van der Waals surface area contributed by atoms with E-state index in [2.05, 4.69) is 10.5 Å². The fourth-order valence-corrected chi connectivity index (χ4v) is 3.69. The van der Waals surface area contributed by atoms with Crippen molar-refractivity contribution in [2.75, 3.05) is 17.1 Å². The van der Waals surface area contributed by atoms with Crippen molar-refractivity contribution in [2.45, 2.75) is 19.8 Å². The molecule has 0 aromatic heterocycles. The number of anilines is 1. The minimum atomic E-state index is -3.65. The third-order valence-corrected chi connectivity index (χ3v) is 5.59. The molecule has 0 saturated carbocycles. The first kappa shape index (κ1) is 22.2. The fraction of sp³-hybridized carbons (Fsp3) is 0.263. The Morgan fingerprint density at radius 3 is 2.36 bits per heavy atom. The van der Waals surface area contributed by atoms with E-state index in [0.29, 0.717) is 27.2 Å². The highest BCUT2D eigenvalue weighted by molar-refractivity contribution is 7.92. The molecule has 1 amide bonds. The lowest BCUT2D eigenvalue weighted by atomic mass is 10.0. The van der Waals surface area contributed by atoms with Gasteiger partial charge in [-0.3, -0.25) is 9.10 Å². The van der Waals surface area contributed by atoms with E-state index < -0.39 is 22.5 Å². The molecule has 0 bridgehead atoms. The molecule has 0 atom stereocenters. The standard InChI is InChI=1S/C19H21Cl2N3O3S/c1-13(2)14-5-8-17(9-6-14)24(28(3,26)27)12-19(25)23-22-11-15-4-7-16(20)10-18(15)21/h4-11,13H,12H2,1-3H3,(H,23,25)/b22-11-. The summed E-state index contributed by atoms with van der Waals surface area (Å²) in [5, 5.41) is 4.69. The van der Waals surface area contributed by atoms with Crippen LogP contribution < -0.4 is 9.73 Å². The van der Waals surface area contributed by atoms with Crippen LogP contribution in [0.1, 0.15) is 30.9 Å². The fourth-order valence-electron chi connectivity index (χ4n) is 2.37. The van der Waals surface area contributed by atoms with Gasteiger partial charge in [-0.25, -0.2) is 13.8 Å². The van der Waals surface area contributed by atoms with E-state index in [1.54, 1.807) is 30.3 Å². The largest absolute Gasteiger partial charge is 0.271 e. The summed E-state index contributed by atoms with van der Waals surface area (Å²) in [6.45, 7) is 3.69. The van der Waals surface area contributed by atoms with Crippen LogP contribution in [0.25, 0.3) is 0 Å². The smallest absolute Gasteiger partial charge is 0.260 e. The average Bonchev–Trinajstić information content (AvgIpc) is 2.60. The Balaban J connectivity index is 2.10. The molecule has 6 nitrogen and oxygen atoms in total. The van der Waals surface area contributed by atoms with Crippen LogP contribution in [0.15, 0.2) is 47.6 Å². The molecule has 0 aliphatic heterocycles. The van der Waals surface area contributed by atoms with Crippen LogP contribution in [0.5, 0.6) is 0 Å². The number of carbonyl (C=O) groups excluding carboxylic acids is 1. The van der Waals surface area contributed by atoms with Crippen molar-refractivity contribution in [3.63, 3.8) is 0 Å². The molecular weight excluding hydrogens is 421 g/mol. The highest BCUT2D eigenvalue weighted by Crippen LogP contribution is 2.22.